The molecule has 1 N–H and O–H groups in total. The number of ketones is 1. The predicted octanol–water partition coefficient (Wildman–Crippen LogP) is 4.67. The summed E-state index contributed by atoms with van der Waals surface area (Å²) < 4.78 is 5.38. The zero-order valence-corrected chi connectivity index (χ0v) is 14.5. The number of anilines is 1. The van der Waals surface area contributed by atoms with E-state index in [1.165, 1.54) is 13.0 Å². The molecule has 0 heterocycles. The number of halogens is 1. The molecule has 4 nitrogen and oxygen atoms in total. The van der Waals surface area contributed by atoms with Gasteiger partial charge in [0, 0.05) is 23.2 Å². The van der Waals surface area contributed by atoms with Crippen molar-refractivity contribution >= 4 is 35.1 Å². The molecule has 0 unspecified atom stereocenters. The number of ether oxygens (including phenoxy) is 1. The van der Waals surface area contributed by atoms with Crippen molar-refractivity contribution in [1.82, 2.24) is 0 Å². The highest BCUT2D eigenvalue weighted by atomic mass is 35.5. The lowest BCUT2D eigenvalue weighted by atomic mass is 10.1. The lowest BCUT2D eigenvalue weighted by molar-refractivity contribution is -0.114. The van der Waals surface area contributed by atoms with E-state index in [4.69, 9.17) is 16.3 Å². The van der Waals surface area contributed by atoms with Crippen molar-refractivity contribution < 1.29 is 14.3 Å². The summed E-state index contributed by atoms with van der Waals surface area (Å²) in [6.45, 7) is 5.22. The monoisotopic (exact) mass is 355 g/mol. The fourth-order valence-electron chi connectivity index (χ4n) is 2.03. The van der Waals surface area contributed by atoms with E-state index >= 15 is 0 Å². The Labute approximate surface area is 151 Å². The average molecular weight is 356 g/mol. The van der Waals surface area contributed by atoms with Crippen LogP contribution in [-0.2, 0) is 4.79 Å². The van der Waals surface area contributed by atoms with Gasteiger partial charge < -0.3 is 10.1 Å². The zero-order chi connectivity index (χ0) is 18.2. The van der Waals surface area contributed by atoms with Gasteiger partial charge in [-0.15, -0.1) is 0 Å². The molecule has 0 atom stereocenters. The van der Waals surface area contributed by atoms with Crippen molar-refractivity contribution in [2.24, 2.45) is 0 Å². The van der Waals surface area contributed by atoms with Crippen LogP contribution < -0.4 is 10.1 Å². The Kier molecular flexibility index (Phi) is 6.54. The molecule has 0 fully saturated rings. The fraction of sp³-hybridized carbons (Fsp3) is 0.100. The Morgan fingerprint density at radius 2 is 1.76 bits per heavy atom. The second-order valence-corrected chi connectivity index (χ2v) is 5.87. The molecule has 0 radical (unpaired) electrons. The molecule has 5 heteroatoms. The standard InChI is InChI=1S/C20H18ClNO3/c1-14(21)13-25-19-10-6-17(7-11-19)20(24)12-5-16-3-8-18(9-4-16)22-15(2)23/h3-12H,1,13H2,2H3,(H,22,23). The van der Waals surface area contributed by atoms with Crippen LogP contribution in [-0.4, -0.2) is 18.3 Å². The van der Waals surface area contributed by atoms with Gasteiger partial charge in [-0.1, -0.05) is 36.4 Å². The summed E-state index contributed by atoms with van der Waals surface area (Å²) in [5.41, 5.74) is 2.14. The number of hydrogen-bond donors (Lipinski definition) is 1. The number of benzene rings is 2. The summed E-state index contributed by atoms with van der Waals surface area (Å²) in [5, 5.41) is 3.10. The molecule has 2 rings (SSSR count). The lowest BCUT2D eigenvalue weighted by Crippen LogP contribution is -2.05. The third-order valence-corrected chi connectivity index (χ3v) is 3.30. The normalized spacial score (nSPS) is 10.5. The highest BCUT2D eigenvalue weighted by molar-refractivity contribution is 6.29. The summed E-state index contributed by atoms with van der Waals surface area (Å²) in [7, 11) is 0. The lowest BCUT2D eigenvalue weighted by Gasteiger charge is -2.05. The smallest absolute Gasteiger partial charge is 0.221 e. The van der Waals surface area contributed by atoms with Gasteiger partial charge in [-0.2, -0.15) is 0 Å². The van der Waals surface area contributed by atoms with Crippen molar-refractivity contribution in [2.45, 2.75) is 6.92 Å². The number of carbonyl (C=O) groups is 2. The predicted molar refractivity (Wildman–Crippen MR) is 101 cm³/mol. The molecule has 0 saturated heterocycles. The van der Waals surface area contributed by atoms with Crippen LogP contribution in [0.2, 0.25) is 0 Å². The van der Waals surface area contributed by atoms with Gasteiger partial charge in [-0.05, 0) is 48.0 Å². The van der Waals surface area contributed by atoms with Crippen LogP contribution in [0.4, 0.5) is 5.69 Å². The molecule has 0 spiro atoms. The summed E-state index contributed by atoms with van der Waals surface area (Å²) in [4.78, 5) is 23.2. The van der Waals surface area contributed by atoms with Crippen molar-refractivity contribution in [2.75, 3.05) is 11.9 Å². The van der Waals surface area contributed by atoms with Crippen molar-refractivity contribution in [1.29, 1.82) is 0 Å². The molecule has 1 amide bonds. The molecule has 2 aromatic rings. The summed E-state index contributed by atoms with van der Waals surface area (Å²) in [6, 6.07) is 14.0. The molecule has 2 aromatic carbocycles. The molecular weight excluding hydrogens is 338 g/mol. The van der Waals surface area contributed by atoms with Crippen molar-refractivity contribution in [3.63, 3.8) is 0 Å². The Bertz CT molecular complexity index is 793. The van der Waals surface area contributed by atoms with Crippen LogP contribution in [0.5, 0.6) is 5.75 Å². The maximum absolute atomic E-state index is 12.2. The quantitative estimate of drug-likeness (QED) is 0.580. The highest BCUT2D eigenvalue weighted by Crippen LogP contribution is 2.15. The maximum Gasteiger partial charge on any atom is 0.221 e. The van der Waals surface area contributed by atoms with E-state index in [2.05, 4.69) is 11.9 Å². The van der Waals surface area contributed by atoms with E-state index in [9.17, 15) is 9.59 Å². The topological polar surface area (TPSA) is 55.4 Å². The minimum Gasteiger partial charge on any atom is -0.488 e. The number of carbonyl (C=O) groups excluding carboxylic acids is 2. The first-order chi connectivity index (χ1) is 11.9. The first kappa shape index (κ1) is 18.5. The second-order valence-electron chi connectivity index (χ2n) is 5.33. The third-order valence-electron chi connectivity index (χ3n) is 3.19. The van der Waals surface area contributed by atoms with Crippen molar-refractivity contribution in [3.05, 3.63) is 77.3 Å². The molecule has 0 aliphatic rings. The minimum absolute atomic E-state index is 0.112. The minimum atomic E-state index is -0.124. The van der Waals surface area contributed by atoms with E-state index in [-0.39, 0.29) is 18.3 Å². The van der Waals surface area contributed by atoms with Crippen LogP contribution in [0.25, 0.3) is 6.08 Å². The van der Waals surface area contributed by atoms with Gasteiger partial charge in [0.25, 0.3) is 0 Å². The van der Waals surface area contributed by atoms with E-state index in [0.717, 1.165) is 5.56 Å². The molecule has 128 valence electrons. The fourth-order valence-corrected chi connectivity index (χ4v) is 2.08. The van der Waals surface area contributed by atoms with E-state index < -0.39 is 0 Å². The number of amides is 1. The number of allylic oxidation sites excluding steroid dienone is 1. The molecule has 0 aromatic heterocycles. The number of hydrogen-bond acceptors (Lipinski definition) is 3. The Hall–Kier alpha value is -2.85. The van der Waals surface area contributed by atoms with Gasteiger partial charge in [0.15, 0.2) is 5.78 Å². The zero-order valence-electron chi connectivity index (χ0n) is 13.8. The van der Waals surface area contributed by atoms with Crippen LogP contribution in [0, 0.1) is 0 Å². The number of nitrogens with one attached hydrogen (secondary N) is 1. The second kappa shape index (κ2) is 8.85. The van der Waals surface area contributed by atoms with Gasteiger partial charge >= 0.3 is 0 Å². The average Bonchev–Trinajstić information content (AvgIpc) is 2.59. The van der Waals surface area contributed by atoms with Crippen LogP contribution in [0.1, 0.15) is 22.8 Å². The molecule has 0 saturated carbocycles. The van der Waals surface area contributed by atoms with E-state index in [1.807, 2.05) is 12.1 Å². The third kappa shape index (κ3) is 6.28. The van der Waals surface area contributed by atoms with Gasteiger partial charge in [0.1, 0.15) is 12.4 Å². The van der Waals surface area contributed by atoms with Crippen LogP contribution in [0.15, 0.2) is 66.2 Å². The Morgan fingerprint density at radius 1 is 1.12 bits per heavy atom. The first-order valence-corrected chi connectivity index (χ1v) is 7.98. The first-order valence-electron chi connectivity index (χ1n) is 7.60. The highest BCUT2D eigenvalue weighted by Gasteiger charge is 2.03. The van der Waals surface area contributed by atoms with Gasteiger partial charge in [0.05, 0.1) is 0 Å². The van der Waals surface area contributed by atoms with Crippen LogP contribution in [0.3, 0.4) is 0 Å². The maximum atomic E-state index is 12.2. The van der Waals surface area contributed by atoms with E-state index in [0.29, 0.717) is 22.0 Å². The molecular formula is C20H18ClNO3. The molecule has 0 bridgehead atoms. The van der Waals surface area contributed by atoms with Gasteiger partial charge in [-0.25, -0.2) is 0 Å². The van der Waals surface area contributed by atoms with Gasteiger partial charge in [0.2, 0.25) is 5.91 Å². The SMILES string of the molecule is C=C(Cl)COc1ccc(C(=O)C=Cc2ccc(NC(C)=O)cc2)cc1. The van der Waals surface area contributed by atoms with Crippen LogP contribution >= 0.6 is 11.6 Å². The molecule has 0 aliphatic heterocycles. The van der Waals surface area contributed by atoms with Crippen molar-refractivity contribution in [3.8, 4) is 5.75 Å². The summed E-state index contributed by atoms with van der Waals surface area (Å²) in [6.07, 6.45) is 3.23. The molecule has 0 aliphatic carbocycles. The Balaban J connectivity index is 1.97. The molecule has 25 heavy (non-hydrogen) atoms. The van der Waals surface area contributed by atoms with E-state index in [1.54, 1.807) is 42.5 Å². The summed E-state index contributed by atoms with van der Waals surface area (Å²) in [5.74, 6) is 0.386. The van der Waals surface area contributed by atoms with Gasteiger partial charge in [-0.3, -0.25) is 9.59 Å². The largest absolute Gasteiger partial charge is 0.488 e. The Morgan fingerprint density at radius 3 is 2.32 bits per heavy atom. The number of rotatable bonds is 7. The summed E-state index contributed by atoms with van der Waals surface area (Å²) >= 11 is 5.64.